The summed E-state index contributed by atoms with van der Waals surface area (Å²) in [5.74, 6) is 0. The average Bonchev–Trinajstić information content (AvgIpc) is 2.91. The van der Waals surface area contributed by atoms with Gasteiger partial charge >= 0.3 is 0 Å². The molecule has 3 heteroatoms. The van der Waals surface area contributed by atoms with Gasteiger partial charge in [0.05, 0.1) is 22.4 Å². The molecule has 2 heterocycles. The number of nitriles is 1. The van der Waals surface area contributed by atoms with Crippen molar-refractivity contribution >= 4 is 44.1 Å². The smallest absolute Gasteiger partial charge is 0.200 e. The van der Waals surface area contributed by atoms with Crippen molar-refractivity contribution in [3.05, 3.63) is 77.0 Å². The SMILES string of the molecule is Cc1c2c(c(CC(C)(C)C)c3ccc(CC(C)(C)C)cc13)Sc1cc3c(CC(C)(C)C#N)cccc3c3cc[n+](C)c-2c13. The van der Waals surface area contributed by atoms with Gasteiger partial charge in [-0.3, -0.25) is 0 Å². The average molecular weight is 586 g/mol. The molecule has 6 rings (SSSR count). The third kappa shape index (κ3) is 5.33. The van der Waals surface area contributed by atoms with E-state index in [2.05, 4.69) is 121 Å². The summed E-state index contributed by atoms with van der Waals surface area (Å²) >= 11 is 1.96. The topological polar surface area (TPSA) is 27.7 Å². The Morgan fingerprint density at radius 1 is 0.767 bits per heavy atom. The lowest BCUT2D eigenvalue weighted by Gasteiger charge is -2.29. The number of aromatic nitrogens is 1. The van der Waals surface area contributed by atoms with Gasteiger partial charge < -0.3 is 0 Å². The summed E-state index contributed by atoms with van der Waals surface area (Å²) in [4.78, 5) is 2.73. The molecule has 4 aromatic carbocycles. The standard InChI is InChI=1S/C40H45N2S/c1-24-30-18-25(20-38(2,3)4)14-15-28(30)32(22-39(5,6)7)37-34(24)36-35-29(16-17-42(36)10)27-13-11-12-26(21-40(8,9)23-41)31(27)19-33(35)43-37/h11-19H,20-22H2,1-10H3/q+1. The first-order chi connectivity index (χ1) is 20.1. The highest BCUT2D eigenvalue weighted by Gasteiger charge is 2.34. The van der Waals surface area contributed by atoms with Crippen LogP contribution in [0.2, 0.25) is 0 Å². The quantitative estimate of drug-likeness (QED) is 0.152. The lowest BCUT2D eigenvalue weighted by atomic mass is 9.81. The maximum atomic E-state index is 9.84. The van der Waals surface area contributed by atoms with Gasteiger partial charge in [0.1, 0.15) is 7.05 Å². The van der Waals surface area contributed by atoms with Gasteiger partial charge in [-0.2, -0.15) is 5.26 Å². The van der Waals surface area contributed by atoms with Crippen molar-refractivity contribution in [3.63, 3.8) is 0 Å². The fourth-order valence-corrected chi connectivity index (χ4v) is 8.44. The van der Waals surface area contributed by atoms with Gasteiger partial charge in [0.2, 0.25) is 5.69 Å². The second kappa shape index (κ2) is 10.1. The Morgan fingerprint density at radius 2 is 1.49 bits per heavy atom. The molecule has 220 valence electrons. The molecule has 0 bridgehead atoms. The maximum absolute atomic E-state index is 9.84. The minimum Gasteiger partial charge on any atom is -0.200 e. The Labute approximate surface area is 262 Å². The highest BCUT2D eigenvalue weighted by atomic mass is 32.2. The van der Waals surface area contributed by atoms with Gasteiger partial charge in [0.15, 0.2) is 6.20 Å². The van der Waals surface area contributed by atoms with E-state index in [0.717, 1.165) is 19.3 Å². The zero-order valence-electron chi connectivity index (χ0n) is 27.6. The Balaban J connectivity index is 1.71. The molecule has 5 aromatic rings. The zero-order valence-corrected chi connectivity index (χ0v) is 28.4. The van der Waals surface area contributed by atoms with E-state index in [-0.39, 0.29) is 10.8 Å². The first kappa shape index (κ1) is 29.7. The van der Waals surface area contributed by atoms with E-state index in [9.17, 15) is 5.26 Å². The molecule has 0 saturated carbocycles. The van der Waals surface area contributed by atoms with Gasteiger partial charge in [-0.25, -0.2) is 4.57 Å². The van der Waals surface area contributed by atoms with Crippen molar-refractivity contribution in [2.24, 2.45) is 23.3 Å². The molecule has 1 aromatic heterocycles. The summed E-state index contributed by atoms with van der Waals surface area (Å²) < 4.78 is 2.34. The number of fused-ring (bicyclic) bond motifs is 5. The normalized spacial score (nSPS) is 13.5. The Kier molecular flexibility index (Phi) is 6.98. The molecular weight excluding hydrogens is 541 g/mol. The van der Waals surface area contributed by atoms with Crippen LogP contribution in [0, 0.1) is 34.5 Å². The summed E-state index contributed by atoms with van der Waals surface area (Å²) in [6.07, 6.45) is 5.06. The Bertz CT molecular complexity index is 1990. The monoisotopic (exact) mass is 585 g/mol. The molecule has 0 aliphatic carbocycles. The Hall–Kier alpha value is -3.35. The van der Waals surface area contributed by atoms with Gasteiger partial charge in [0, 0.05) is 21.2 Å². The predicted molar refractivity (Wildman–Crippen MR) is 184 cm³/mol. The lowest BCUT2D eigenvalue weighted by molar-refractivity contribution is -0.659. The second-order valence-corrected chi connectivity index (χ2v) is 16.9. The fraction of sp³-hybridized carbons (Fsp3) is 0.400. The molecule has 0 atom stereocenters. The molecule has 1 aliphatic rings. The van der Waals surface area contributed by atoms with Crippen molar-refractivity contribution < 1.29 is 4.57 Å². The number of benzene rings is 4. The molecule has 0 radical (unpaired) electrons. The van der Waals surface area contributed by atoms with E-state index in [4.69, 9.17) is 0 Å². The molecule has 0 N–H and O–H groups in total. The van der Waals surface area contributed by atoms with Crippen LogP contribution in [0.1, 0.15) is 77.6 Å². The second-order valence-electron chi connectivity index (χ2n) is 15.9. The zero-order chi connectivity index (χ0) is 31.1. The van der Waals surface area contributed by atoms with Crippen molar-refractivity contribution in [2.75, 3.05) is 0 Å². The van der Waals surface area contributed by atoms with Gasteiger partial charge in [-0.05, 0) is 101 Å². The third-order valence-electron chi connectivity index (χ3n) is 8.85. The van der Waals surface area contributed by atoms with Crippen LogP contribution in [-0.2, 0) is 26.3 Å². The number of hydrogen-bond acceptors (Lipinski definition) is 2. The molecule has 43 heavy (non-hydrogen) atoms. The first-order valence-corrected chi connectivity index (χ1v) is 16.4. The summed E-state index contributed by atoms with van der Waals surface area (Å²) in [5, 5.41) is 17.8. The molecule has 0 unspecified atom stereocenters. The number of rotatable bonds is 4. The van der Waals surface area contributed by atoms with Crippen LogP contribution >= 0.6 is 11.8 Å². The first-order valence-electron chi connectivity index (χ1n) is 15.6. The summed E-state index contributed by atoms with van der Waals surface area (Å²) in [6, 6.07) is 21.1. The largest absolute Gasteiger partial charge is 0.222 e. The fourth-order valence-electron chi connectivity index (χ4n) is 7.07. The minimum absolute atomic E-state index is 0.147. The Morgan fingerprint density at radius 3 is 2.16 bits per heavy atom. The number of aryl methyl sites for hydroxylation is 2. The van der Waals surface area contributed by atoms with E-state index in [1.165, 1.54) is 75.6 Å². The third-order valence-corrected chi connectivity index (χ3v) is 10.0. The van der Waals surface area contributed by atoms with E-state index >= 15 is 0 Å². The highest BCUT2D eigenvalue weighted by Crippen LogP contribution is 2.54. The summed E-state index contributed by atoms with van der Waals surface area (Å²) in [6.45, 7) is 20.5. The van der Waals surface area contributed by atoms with Gasteiger partial charge in [-0.1, -0.05) is 89.7 Å². The van der Waals surface area contributed by atoms with Crippen molar-refractivity contribution in [1.82, 2.24) is 0 Å². The van der Waals surface area contributed by atoms with Crippen LogP contribution in [0.5, 0.6) is 0 Å². The van der Waals surface area contributed by atoms with Crippen LogP contribution < -0.4 is 4.57 Å². The molecule has 0 saturated heterocycles. The van der Waals surface area contributed by atoms with Crippen LogP contribution in [0.4, 0.5) is 0 Å². The molecular formula is C40H45N2S+. The van der Waals surface area contributed by atoms with E-state index in [1.54, 1.807) is 0 Å². The molecule has 0 fully saturated rings. The van der Waals surface area contributed by atoms with Crippen LogP contribution in [0.3, 0.4) is 0 Å². The maximum Gasteiger partial charge on any atom is 0.222 e. The lowest BCUT2D eigenvalue weighted by Crippen LogP contribution is -2.32. The minimum atomic E-state index is -0.420. The number of nitrogens with zero attached hydrogens (tertiary/aromatic N) is 2. The van der Waals surface area contributed by atoms with Gasteiger partial charge in [0.25, 0.3) is 0 Å². The van der Waals surface area contributed by atoms with Crippen molar-refractivity contribution in [3.8, 4) is 17.3 Å². The molecule has 0 amide bonds. The van der Waals surface area contributed by atoms with E-state index in [1.807, 2.05) is 25.6 Å². The van der Waals surface area contributed by atoms with Crippen molar-refractivity contribution in [2.45, 2.75) is 91.4 Å². The molecule has 1 aliphatic heterocycles. The number of hydrogen-bond donors (Lipinski definition) is 0. The number of pyridine rings is 1. The van der Waals surface area contributed by atoms with Crippen molar-refractivity contribution in [1.29, 1.82) is 5.26 Å². The van der Waals surface area contributed by atoms with E-state index < -0.39 is 5.41 Å². The predicted octanol–water partition coefficient (Wildman–Crippen LogP) is 10.7. The highest BCUT2D eigenvalue weighted by molar-refractivity contribution is 8.00. The van der Waals surface area contributed by atoms with Gasteiger partial charge in [-0.15, -0.1) is 0 Å². The van der Waals surface area contributed by atoms with E-state index in [0.29, 0.717) is 0 Å². The molecule has 2 nitrogen and oxygen atoms in total. The summed E-state index contributed by atoms with van der Waals surface area (Å²) in [7, 11) is 2.21. The summed E-state index contributed by atoms with van der Waals surface area (Å²) in [5.41, 5.74) is 8.19. The van der Waals surface area contributed by atoms with Crippen LogP contribution in [0.25, 0.3) is 43.6 Å². The van der Waals surface area contributed by atoms with Crippen LogP contribution in [-0.4, -0.2) is 0 Å². The molecule has 0 spiro atoms. The van der Waals surface area contributed by atoms with Crippen LogP contribution in [0.15, 0.2) is 64.5 Å².